The summed E-state index contributed by atoms with van der Waals surface area (Å²) in [5, 5.41) is 11.9. The van der Waals surface area contributed by atoms with Crippen LogP contribution in [0.5, 0.6) is 0 Å². The Hall–Kier alpha value is -0.990. The van der Waals surface area contributed by atoms with Gasteiger partial charge in [-0.2, -0.15) is 0 Å². The van der Waals surface area contributed by atoms with Crippen molar-refractivity contribution in [2.45, 2.75) is 0 Å². The number of likely N-dealkylation sites (N-methyl/N-ethyl adjacent to an activating group) is 2. The predicted molar refractivity (Wildman–Crippen MR) is 66.6 cm³/mol. The van der Waals surface area contributed by atoms with Crippen LogP contribution >= 0.6 is 7.60 Å². The molecule has 120 valence electrons. The summed E-state index contributed by atoms with van der Waals surface area (Å²) in [7, 11) is 4.02. The SMILES string of the molecule is C[N+](C)(C)CC(=O)[O-].C[NH+](C)CCNC(=O)P(=O)([O-])[O-]. The van der Waals surface area contributed by atoms with Crippen LogP contribution in [-0.2, 0) is 9.36 Å². The van der Waals surface area contributed by atoms with Crippen LogP contribution < -0.4 is 25.1 Å². The summed E-state index contributed by atoms with van der Waals surface area (Å²) in [6.45, 7) is 0.835. The second-order valence-corrected chi connectivity index (χ2v) is 6.91. The molecule has 0 aliphatic carbocycles. The maximum atomic E-state index is 10.4. The smallest absolute Gasteiger partial charge is 0.249 e. The van der Waals surface area contributed by atoms with Gasteiger partial charge in [0.1, 0.15) is 6.54 Å². The number of aliphatic carboxylic acids is 1. The molecule has 0 unspecified atom stereocenters. The fourth-order valence-corrected chi connectivity index (χ4v) is 1.21. The van der Waals surface area contributed by atoms with E-state index in [1.54, 1.807) is 21.1 Å². The molecular formula is C10H23N3O6P-. The Labute approximate surface area is 118 Å². The highest BCUT2D eigenvalue weighted by Gasteiger charge is 2.05. The average molecular weight is 312 g/mol. The van der Waals surface area contributed by atoms with Crippen LogP contribution in [0.3, 0.4) is 0 Å². The van der Waals surface area contributed by atoms with Crippen LogP contribution in [0.4, 0.5) is 4.79 Å². The number of amides is 1. The maximum Gasteiger partial charge on any atom is 0.249 e. The monoisotopic (exact) mass is 312 g/mol. The van der Waals surface area contributed by atoms with E-state index in [0.717, 1.165) is 4.90 Å². The largest absolute Gasteiger partial charge is 0.804 e. The summed E-state index contributed by atoms with van der Waals surface area (Å²) in [5.74, 6) is -1.00. The van der Waals surface area contributed by atoms with E-state index in [1.807, 2.05) is 19.4 Å². The lowest BCUT2D eigenvalue weighted by Gasteiger charge is -2.27. The lowest BCUT2D eigenvalue weighted by Crippen LogP contribution is -3.06. The summed E-state index contributed by atoms with van der Waals surface area (Å²) in [6, 6.07) is 0. The van der Waals surface area contributed by atoms with Crippen LogP contribution in [0.1, 0.15) is 0 Å². The third-order valence-corrected chi connectivity index (χ3v) is 2.41. The van der Waals surface area contributed by atoms with Crippen molar-refractivity contribution in [1.82, 2.24) is 5.32 Å². The van der Waals surface area contributed by atoms with Crippen molar-refractivity contribution >= 4 is 19.2 Å². The minimum atomic E-state index is -5.08. The summed E-state index contributed by atoms with van der Waals surface area (Å²) < 4.78 is 10.5. The molecule has 0 aromatic rings. The average Bonchev–Trinajstić information content (AvgIpc) is 2.11. The first-order valence-corrected chi connectivity index (χ1v) is 7.39. The summed E-state index contributed by atoms with van der Waals surface area (Å²) in [4.78, 5) is 41.5. The van der Waals surface area contributed by atoms with Gasteiger partial charge >= 0.3 is 0 Å². The van der Waals surface area contributed by atoms with E-state index in [0.29, 0.717) is 11.0 Å². The molecule has 20 heavy (non-hydrogen) atoms. The van der Waals surface area contributed by atoms with Crippen molar-refractivity contribution in [2.24, 2.45) is 0 Å². The Balaban J connectivity index is 0. The Bertz CT molecular complexity index is 360. The van der Waals surface area contributed by atoms with Gasteiger partial charge in [0.2, 0.25) is 5.65 Å². The molecule has 0 radical (unpaired) electrons. The Morgan fingerprint density at radius 2 is 1.65 bits per heavy atom. The number of quaternary nitrogens is 2. The maximum absolute atomic E-state index is 10.4. The predicted octanol–water partition coefficient (Wildman–Crippen LogP) is -4.80. The second-order valence-electron chi connectivity index (χ2n) is 5.51. The number of carboxylic acid groups (broad SMARTS) is 1. The van der Waals surface area contributed by atoms with Crippen LogP contribution in [-0.4, -0.2) is 71.0 Å². The van der Waals surface area contributed by atoms with Gasteiger partial charge in [0, 0.05) is 7.60 Å². The highest BCUT2D eigenvalue weighted by molar-refractivity contribution is 7.67. The van der Waals surface area contributed by atoms with E-state index >= 15 is 0 Å². The lowest BCUT2D eigenvalue weighted by molar-refractivity contribution is -0.864. The van der Waals surface area contributed by atoms with E-state index < -0.39 is 19.2 Å². The van der Waals surface area contributed by atoms with Crippen LogP contribution in [0.2, 0.25) is 0 Å². The van der Waals surface area contributed by atoms with Gasteiger partial charge in [-0.05, 0) is 0 Å². The topological polar surface area (TPSA) is 137 Å². The molecule has 0 aliphatic rings. The van der Waals surface area contributed by atoms with Crippen LogP contribution in [0, 0.1) is 0 Å². The fourth-order valence-electron chi connectivity index (χ4n) is 0.904. The molecule has 0 saturated carbocycles. The Morgan fingerprint density at radius 3 is 1.85 bits per heavy atom. The van der Waals surface area contributed by atoms with E-state index in [1.165, 1.54) is 0 Å². The van der Waals surface area contributed by atoms with Crippen LogP contribution in [0.15, 0.2) is 0 Å². The first kappa shape index (κ1) is 21.3. The third kappa shape index (κ3) is 17.0. The van der Waals surface area contributed by atoms with Crippen molar-refractivity contribution in [3.8, 4) is 0 Å². The number of nitrogens with zero attached hydrogens (tertiary/aromatic N) is 1. The van der Waals surface area contributed by atoms with E-state index in [4.69, 9.17) is 0 Å². The van der Waals surface area contributed by atoms with Crippen molar-refractivity contribution in [3.63, 3.8) is 0 Å². The molecule has 2 N–H and O–H groups in total. The number of rotatable bonds is 6. The van der Waals surface area contributed by atoms with Gasteiger partial charge in [-0.1, -0.05) is 0 Å². The van der Waals surface area contributed by atoms with Crippen molar-refractivity contribution in [2.75, 3.05) is 54.9 Å². The minimum Gasteiger partial charge on any atom is -0.804 e. The zero-order valence-corrected chi connectivity index (χ0v) is 13.4. The minimum absolute atomic E-state index is 0.0694. The molecule has 1 amide bonds. The number of hydrogen-bond donors (Lipinski definition) is 2. The van der Waals surface area contributed by atoms with Gasteiger partial charge in [0.15, 0.2) is 0 Å². The molecule has 0 fully saturated rings. The van der Waals surface area contributed by atoms with E-state index in [9.17, 15) is 29.0 Å². The van der Waals surface area contributed by atoms with Gasteiger partial charge in [-0.25, -0.2) is 0 Å². The van der Waals surface area contributed by atoms with Crippen molar-refractivity contribution in [3.05, 3.63) is 0 Å². The molecular weight excluding hydrogens is 289 g/mol. The molecule has 0 saturated heterocycles. The first-order chi connectivity index (χ1) is 8.75. The van der Waals surface area contributed by atoms with Crippen LogP contribution in [0.25, 0.3) is 0 Å². The zero-order valence-electron chi connectivity index (χ0n) is 12.5. The number of carbonyl (C=O) groups is 2. The van der Waals surface area contributed by atoms with Gasteiger partial charge < -0.3 is 39.0 Å². The molecule has 0 aromatic carbocycles. The summed E-state index contributed by atoms with van der Waals surface area (Å²) in [6.07, 6.45) is 0. The lowest BCUT2D eigenvalue weighted by atomic mass is 10.5. The van der Waals surface area contributed by atoms with Gasteiger partial charge in [0.05, 0.1) is 54.3 Å². The molecule has 0 spiro atoms. The third-order valence-electron chi connectivity index (χ3n) is 1.75. The van der Waals surface area contributed by atoms with Crippen molar-refractivity contribution in [1.29, 1.82) is 0 Å². The first-order valence-electron chi connectivity index (χ1n) is 5.85. The van der Waals surface area contributed by atoms with Gasteiger partial charge in [0.25, 0.3) is 0 Å². The number of nitrogens with one attached hydrogen (secondary N) is 2. The number of carboxylic acids is 1. The molecule has 0 bridgehead atoms. The molecule has 0 heterocycles. The molecule has 0 atom stereocenters. The quantitative estimate of drug-likeness (QED) is 0.373. The molecule has 10 heteroatoms. The zero-order chi connectivity index (χ0) is 16.6. The Kier molecular flexibility index (Phi) is 9.63. The number of hydrogen-bond acceptors (Lipinski definition) is 6. The molecule has 9 nitrogen and oxygen atoms in total. The molecule has 0 rings (SSSR count). The van der Waals surface area contributed by atoms with E-state index in [2.05, 4.69) is 0 Å². The fraction of sp³-hybridized carbons (Fsp3) is 0.800. The van der Waals surface area contributed by atoms with Gasteiger partial charge in [-0.3, -0.25) is 4.79 Å². The highest BCUT2D eigenvalue weighted by Crippen LogP contribution is 2.22. The summed E-state index contributed by atoms with van der Waals surface area (Å²) >= 11 is 0. The normalized spacial score (nSPS) is 11.6. The standard InChI is InChI=1S/C5H13N2O4P.C5H11NO2/c1-7(2)4-3-6-5(8)12(9,10)11;1-6(2,3)4-5(7)8/h3-4H2,1-2H3,(H,6,8)(H2,9,10,11);4H2,1-3H3/p-1. The number of carbonyl (C=O) groups excluding carboxylic acids is 2. The van der Waals surface area contributed by atoms with E-state index in [-0.39, 0.29) is 13.1 Å². The Morgan fingerprint density at radius 1 is 1.20 bits per heavy atom. The van der Waals surface area contributed by atoms with Gasteiger partial charge in [-0.15, -0.1) is 0 Å². The molecule has 0 aromatic heterocycles. The second kappa shape index (κ2) is 9.04. The summed E-state index contributed by atoms with van der Waals surface area (Å²) in [5.41, 5.74) is -1.43. The van der Waals surface area contributed by atoms with Crippen molar-refractivity contribution < 1.29 is 38.4 Å². The molecule has 0 aliphatic heterocycles. The highest BCUT2D eigenvalue weighted by atomic mass is 31.2.